The maximum Gasteiger partial charge on any atom is 0.336 e. The summed E-state index contributed by atoms with van der Waals surface area (Å²) < 4.78 is 0. The summed E-state index contributed by atoms with van der Waals surface area (Å²) >= 11 is 0. The molecule has 0 bridgehead atoms. The summed E-state index contributed by atoms with van der Waals surface area (Å²) in [4.78, 5) is 26.1. The van der Waals surface area contributed by atoms with E-state index in [2.05, 4.69) is 0 Å². The second-order valence-electron chi connectivity index (χ2n) is 5.48. The SMILES string of the molecule is CCCN(C(=O)c1c(C)ccc(C)c1C(=O)O)C1CC1. The van der Waals surface area contributed by atoms with Gasteiger partial charge in [-0.3, -0.25) is 4.79 Å². The van der Waals surface area contributed by atoms with E-state index in [1.807, 2.05) is 17.9 Å². The molecule has 1 aliphatic carbocycles. The van der Waals surface area contributed by atoms with E-state index < -0.39 is 5.97 Å². The van der Waals surface area contributed by atoms with Crippen LogP contribution in [0.5, 0.6) is 0 Å². The number of hydrogen-bond donors (Lipinski definition) is 1. The number of benzene rings is 1. The van der Waals surface area contributed by atoms with E-state index in [0.29, 0.717) is 23.7 Å². The molecule has 1 amide bonds. The number of aryl methyl sites for hydroxylation is 2. The molecule has 1 aromatic carbocycles. The quantitative estimate of drug-likeness (QED) is 0.898. The lowest BCUT2D eigenvalue weighted by molar-refractivity contribution is 0.0670. The van der Waals surface area contributed by atoms with Gasteiger partial charge in [0.05, 0.1) is 11.1 Å². The van der Waals surface area contributed by atoms with E-state index in [0.717, 1.165) is 24.8 Å². The van der Waals surface area contributed by atoms with Crippen molar-refractivity contribution < 1.29 is 14.7 Å². The number of amides is 1. The Balaban J connectivity index is 2.47. The van der Waals surface area contributed by atoms with Gasteiger partial charge in [0.15, 0.2) is 0 Å². The Kier molecular flexibility index (Phi) is 4.12. The van der Waals surface area contributed by atoms with Gasteiger partial charge in [-0.25, -0.2) is 4.79 Å². The third kappa shape index (κ3) is 2.69. The Morgan fingerprint density at radius 1 is 1.20 bits per heavy atom. The number of rotatable bonds is 5. The number of aromatic carboxylic acids is 1. The summed E-state index contributed by atoms with van der Waals surface area (Å²) in [6, 6.07) is 3.88. The van der Waals surface area contributed by atoms with Crippen molar-refractivity contribution >= 4 is 11.9 Å². The predicted molar refractivity (Wildman–Crippen MR) is 77.2 cm³/mol. The molecule has 108 valence electrons. The van der Waals surface area contributed by atoms with Gasteiger partial charge in [-0.15, -0.1) is 0 Å². The van der Waals surface area contributed by atoms with Gasteiger partial charge in [0.2, 0.25) is 0 Å². The minimum atomic E-state index is -1.03. The fraction of sp³-hybridized carbons (Fsp3) is 0.500. The van der Waals surface area contributed by atoms with E-state index in [1.54, 1.807) is 19.9 Å². The minimum Gasteiger partial charge on any atom is -0.478 e. The molecule has 4 heteroatoms. The molecule has 1 aromatic rings. The highest BCUT2D eigenvalue weighted by molar-refractivity contribution is 6.06. The molecule has 0 aliphatic heterocycles. The first-order chi connectivity index (χ1) is 9.47. The van der Waals surface area contributed by atoms with Crippen LogP contribution in [0, 0.1) is 13.8 Å². The van der Waals surface area contributed by atoms with E-state index in [-0.39, 0.29) is 11.5 Å². The van der Waals surface area contributed by atoms with Gasteiger partial charge in [-0.2, -0.15) is 0 Å². The Morgan fingerprint density at radius 3 is 2.20 bits per heavy atom. The zero-order chi connectivity index (χ0) is 14.9. The van der Waals surface area contributed by atoms with Crippen LogP contribution in [0.4, 0.5) is 0 Å². The normalized spacial score (nSPS) is 14.2. The largest absolute Gasteiger partial charge is 0.478 e. The van der Waals surface area contributed by atoms with Gasteiger partial charge >= 0.3 is 5.97 Å². The highest BCUT2D eigenvalue weighted by Crippen LogP contribution is 2.30. The van der Waals surface area contributed by atoms with Gasteiger partial charge in [-0.05, 0) is 44.2 Å². The number of carbonyl (C=O) groups excluding carboxylic acids is 1. The molecule has 0 saturated heterocycles. The van der Waals surface area contributed by atoms with Crippen molar-refractivity contribution in [2.45, 2.75) is 46.1 Å². The van der Waals surface area contributed by atoms with Gasteiger partial charge in [0.1, 0.15) is 0 Å². The van der Waals surface area contributed by atoms with E-state index >= 15 is 0 Å². The number of hydrogen-bond acceptors (Lipinski definition) is 2. The highest BCUT2D eigenvalue weighted by atomic mass is 16.4. The lowest BCUT2D eigenvalue weighted by Crippen LogP contribution is -2.35. The summed E-state index contributed by atoms with van der Waals surface area (Å²) in [5.41, 5.74) is 1.88. The van der Waals surface area contributed by atoms with E-state index in [9.17, 15) is 14.7 Å². The first kappa shape index (κ1) is 14.6. The van der Waals surface area contributed by atoms with Gasteiger partial charge in [0, 0.05) is 12.6 Å². The average Bonchev–Trinajstić information content (AvgIpc) is 3.21. The lowest BCUT2D eigenvalue weighted by atomic mass is 9.96. The topological polar surface area (TPSA) is 57.6 Å². The molecule has 1 fully saturated rings. The molecular formula is C16H21NO3. The summed E-state index contributed by atoms with van der Waals surface area (Å²) in [5.74, 6) is -1.16. The molecular weight excluding hydrogens is 254 g/mol. The highest BCUT2D eigenvalue weighted by Gasteiger charge is 2.34. The van der Waals surface area contributed by atoms with Crippen molar-refractivity contribution in [3.8, 4) is 0 Å². The van der Waals surface area contributed by atoms with Crippen LogP contribution < -0.4 is 0 Å². The fourth-order valence-electron chi connectivity index (χ4n) is 2.58. The van der Waals surface area contributed by atoms with Crippen molar-refractivity contribution in [1.29, 1.82) is 0 Å². The molecule has 20 heavy (non-hydrogen) atoms. The van der Waals surface area contributed by atoms with Crippen LogP contribution in [0.25, 0.3) is 0 Å². The van der Waals surface area contributed by atoms with Crippen LogP contribution in [0.15, 0.2) is 12.1 Å². The second kappa shape index (κ2) is 5.65. The summed E-state index contributed by atoms with van der Waals surface area (Å²) in [6.45, 7) is 6.26. The third-order valence-electron chi connectivity index (χ3n) is 3.76. The monoisotopic (exact) mass is 275 g/mol. The zero-order valence-electron chi connectivity index (χ0n) is 12.3. The minimum absolute atomic E-state index is 0.132. The van der Waals surface area contributed by atoms with E-state index in [4.69, 9.17) is 0 Å². The van der Waals surface area contributed by atoms with Crippen molar-refractivity contribution in [3.05, 3.63) is 34.4 Å². The van der Waals surface area contributed by atoms with Crippen molar-refractivity contribution in [3.63, 3.8) is 0 Å². The van der Waals surface area contributed by atoms with Crippen LogP contribution in [0.1, 0.15) is 58.0 Å². The molecule has 2 rings (SSSR count). The van der Waals surface area contributed by atoms with Gasteiger partial charge in [0.25, 0.3) is 5.91 Å². The van der Waals surface area contributed by atoms with Crippen molar-refractivity contribution in [2.24, 2.45) is 0 Å². The molecule has 0 heterocycles. The maximum absolute atomic E-state index is 12.8. The first-order valence-electron chi connectivity index (χ1n) is 7.11. The van der Waals surface area contributed by atoms with Crippen LogP contribution in [0.2, 0.25) is 0 Å². The summed E-state index contributed by atoms with van der Waals surface area (Å²) in [7, 11) is 0. The Hall–Kier alpha value is -1.84. The van der Waals surface area contributed by atoms with Crippen LogP contribution in [0.3, 0.4) is 0 Å². The lowest BCUT2D eigenvalue weighted by Gasteiger charge is -2.24. The second-order valence-corrected chi connectivity index (χ2v) is 5.48. The van der Waals surface area contributed by atoms with Crippen LogP contribution in [-0.2, 0) is 0 Å². The molecule has 1 saturated carbocycles. The predicted octanol–water partition coefficient (Wildman–Crippen LogP) is 3.02. The molecule has 4 nitrogen and oxygen atoms in total. The summed E-state index contributed by atoms with van der Waals surface area (Å²) in [5, 5.41) is 9.41. The number of carboxylic acids is 1. The molecule has 0 unspecified atom stereocenters. The van der Waals surface area contributed by atoms with Gasteiger partial charge < -0.3 is 10.0 Å². The van der Waals surface area contributed by atoms with Crippen LogP contribution >= 0.6 is 0 Å². The van der Waals surface area contributed by atoms with Gasteiger partial charge in [-0.1, -0.05) is 19.1 Å². The Morgan fingerprint density at radius 2 is 1.75 bits per heavy atom. The number of carboxylic acid groups (broad SMARTS) is 1. The zero-order valence-corrected chi connectivity index (χ0v) is 12.3. The van der Waals surface area contributed by atoms with Crippen LogP contribution in [-0.4, -0.2) is 34.5 Å². The molecule has 0 aromatic heterocycles. The average molecular weight is 275 g/mol. The fourth-order valence-corrected chi connectivity index (χ4v) is 2.58. The maximum atomic E-state index is 12.8. The number of nitrogens with zero attached hydrogens (tertiary/aromatic N) is 1. The molecule has 1 aliphatic rings. The molecule has 0 atom stereocenters. The molecule has 0 radical (unpaired) electrons. The standard InChI is InChI=1S/C16H21NO3/c1-4-9-17(12-7-8-12)15(18)13-10(2)5-6-11(3)14(13)16(19)20/h5-6,12H,4,7-9H2,1-3H3,(H,19,20). The third-order valence-corrected chi connectivity index (χ3v) is 3.76. The molecule has 0 spiro atoms. The molecule has 1 N–H and O–H groups in total. The Labute approximate surface area is 119 Å². The first-order valence-corrected chi connectivity index (χ1v) is 7.11. The number of carbonyl (C=O) groups is 2. The summed E-state index contributed by atoms with van der Waals surface area (Å²) in [6.07, 6.45) is 2.94. The van der Waals surface area contributed by atoms with E-state index in [1.165, 1.54) is 0 Å². The van der Waals surface area contributed by atoms with Crippen molar-refractivity contribution in [1.82, 2.24) is 4.90 Å². The Bertz CT molecular complexity index is 547. The smallest absolute Gasteiger partial charge is 0.336 e. The van der Waals surface area contributed by atoms with Crippen molar-refractivity contribution in [2.75, 3.05) is 6.54 Å².